The summed E-state index contributed by atoms with van der Waals surface area (Å²) >= 11 is 14.3. The molecule has 39 heavy (non-hydrogen) atoms. The molecule has 0 aliphatic carbocycles. The number of aromatic nitrogens is 2. The lowest BCUT2D eigenvalue weighted by molar-refractivity contribution is 0.340. The number of aryl methyl sites for hydroxylation is 1. The van der Waals surface area contributed by atoms with Crippen LogP contribution < -0.4 is 9.54 Å². The van der Waals surface area contributed by atoms with Crippen molar-refractivity contribution in [2.75, 3.05) is 6.61 Å². The van der Waals surface area contributed by atoms with Crippen LogP contribution in [0.5, 0.6) is 5.75 Å². The van der Waals surface area contributed by atoms with Gasteiger partial charge in [0.25, 0.3) is 0 Å². The quantitative estimate of drug-likeness (QED) is 0.172. The predicted octanol–water partition coefficient (Wildman–Crippen LogP) is 8.31. The SMILES string of the molecule is CCOc1ccc(-n2c(C)cc(/C=N/n3c(-c4ccc(Cl)cc4Cl)csc3=NCc3ccccc3)c2C)cc1. The number of thiazole rings is 1. The molecule has 0 N–H and O–H groups in total. The molecule has 0 unspecified atom stereocenters. The van der Waals surface area contributed by atoms with Crippen molar-refractivity contribution in [1.29, 1.82) is 0 Å². The van der Waals surface area contributed by atoms with Crippen LogP contribution in [0.3, 0.4) is 0 Å². The first-order chi connectivity index (χ1) is 18.9. The molecule has 0 saturated heterocycles. The number of hydrogen-bond acceptors (Lipinski definition) is 4. The average molecular weight is 576 g/mol. The van der Waals surface area contributed by atoms with E-state index in [9.17, 15) is 0 Å². The van der Waals surface area contributed by atoms with Gasteiger partial charge in [-0.25, -0.2) is 4.68 Å². The van der Waals surface area contributed by atoms with Crippen LogP contribution >= 0.6 is 34.5 Å². The van der Waals surface area contributed by atoms with Crippen LogP contribution in [0.4, 0.5) is 0 Å². The van der Waals surface area contributed by atoms with Gasteiger partial charge in [0.2, 0.25) is 4.80 Å². The van der Waals surface area contributed by atoms with Crippen LogP contribution in [0.2, 0.25) is 10.0 Å². The summed E-state index contributed by atoms with van der Waals surface area (Å²) in [6.07, 6.45) is 1.88. The second-order valence-corrected chi connectivity index (χ2v) is 10.7. The molecule has 0 atom stereocenters. The molecule has 198 valence electrons. The van der Waals surface area contributed by atoms with Crippen molar-refractivity contribution in [3.05, 3.63) is 122 Å². The van der Waals surface area contributed by atoms with Crippen molar-refractivity contribution in [3.8, 4) is 22.7 Å². The van der Waals surface area contributed by atoms with E-state index >= 15 is 0 Å². The summed E-state index contributed by atoms with van der Waals surface area (Å²) in [7, 11) is 0. The minimum atomic E-state index is 0.552. The van der Waals surface area contributed by atoms with Gasteiger partial charge in [-0.15, -0.1) is 11.3 Å². The van der Waals surface area contributed by atoms with E-state index in [0.29, 0.717) is 23.2 Å². The van der Waals surface area contributed by atoms with E-state index in [0.717, 1.165) is 50.0 Å². The molecule has 2 heterocycles. The third kappa shape index (κ3) is 6.04. The minimum absolute atomic E-state index is 0.552. The van der Waals surface area contributed by atoms with Crippen LogP contribution in [0.15, 0.2) is 94.3 Å². The Balaban J connectivity index is 1.55. The van der Waals surface area contributed by atoms with Gasteiger partial charge < -0.3 is 9.30 Å². The standard InChI is InChI=1S/C31H28Cl2N4OS/c1-4-38-27-13-11-26(12-14-27)36-21(2)16-24(22(36)3)19-35-37-30(28-15-10-25(32)17-29(28)33)20-39-31(37)34-18-23-8-6-5-7-9-23/h5-17,19-20H,4,18H2,1-3H3/b34-31?,35-19+. The highest BCUT2D eigenvalue weighted by Crippen LogP contribution is 2.31. The van der Waals surface area contributed by atoms with Crippen LogP contribution in [-0.4, -0.2) is 22.1 Å². The second kappa shape index (κ2) is 12.1. The highest BCUT2D eigenvalue weighted by molar-refractivity contribution is 7.07. The summed E-state index contributed by atoms with van der Waals surface area (Å²) in [5.74, 6) is 0.861. The Morgan fingerprint density at radius 2 is 1.72 bits per heavy atom. The Labute approximate surface area is 242 Å². The van der Waals surface area contributed by atoms with E-state index < -0.39 is 0 Å². The van der Waals surface area contributed by atoms with Gasteiger partial charge in [0.05, 0.1) is 30.1 Å². The van der Waals surface area contributed by atoms with Crippen molar-refractivity contribution in [1.82, 2.24) is 9.24 Å². The summed E-state index contributed by atoms with van der Waals surface area (Å²) in [6.45, 7) is 7.37. The van der Waals surface area contributed by atoms with Gasteiger partial charge in [0.1, 0.15) is 5.75 Å². The van der Waals surface area contributed by atoms with Crippen LogP contribution in [0.25, 0.3) is 16.9 Å². The van der Waals surface area contributed by atoms with Gasteiger partial charge in [-0.2, -0.15) is 5.10 Å². The van der Waals surface area contributed by atoms with Crippen LogP contribution in [0, 0.1) is 13.8 Å². The zero-order valence-electron chi connectivity index (χ0n) is 21.9. The van der Waals surface area contributed by atoms with Crippen molar-refractivity contribution in [2.24, 2.45) is 10.1 Å². The number of halogens is 2. The van der Waals surface area contributed by atoms with Crippen molar-refractivity contribution >= 4 is 40.8 Å². The van der Waals surface area contributed by atoms with Crippen LogP contribution in [-0.2, 0) is 6.54 Å². The molecule has 0 bridgehead atoms. The maximum absolute atomic E-state index is 6.60. The molecule has 5 nitrogen and oxygen atoms in total. The summed E-state index contributed by atoms with van der Waals surface area (Å²) in [5, 5.41) is 8.10. The van der Waals surface area contributed by atoms with E-state index in [-0.39, 0.29) is 0 Å². The molecule has 0 saturated carbocycles. The molecular formula is C31H28Cl2N4OS. The summed E-state index contributed by atoms with van der Waals surface area (Å²) in [4.78, 5) is 5.65. The maximum Gasteiger partial charge on any atom is 0.206 e. The van der Waals surface area contributed by atoms with E-state index in [1.807, 2.05) is 65.7 Å². The molecule has 2 aromatic heterocycles. The molecular weight excluding hydrogens is 547 g/mol. The number of rotatable bonds is 8. The van der Waals surface area contributed by atoms with Gasteiger partial charge in [-0.05, 0) is 74.9 Å². The van der Waals surface area contributed by atoms with E-state index in [1.165, 1.54) is 11.3 Å². The normalized spacial score (nSPS) is 12.0. The topological polar surface area (TPSA) is 43.8 Å². The predicted molar refractivity (Wildman–Crippen MR) is 163 cm³/mol. The molecule has 5 rings (SSSR count). The third-order valence-corrected chi connectivity index (χ3v) is 7.72. The van der Waals surface area contributed by atoms with Gasteiger partial charge in [0, 0.05) is 38.6 Å². The molecule has 0 fully saturated rings. The maximum atomic E-state index is 6.60. The fourth-order valence-corrected chi connectivity index (χ4v) is 5.77. The zero-order valence-corrected chi connectivity index (χ0v) is 24.3. The molecule has 5 aromatic rings. The Kier molecular flexibility index (Phi) is 8.36. The van der Waals surface area contributed by atoms with E-state index in [2.05, 4.69) is 48.7 Å². The lowest BCUT2D eigenvalue weighted by Crippen LogP contribution is -2.12. The van der Waals surface area contributed by atoms with Gasteiger partial charge in [-0.1, -0.05) is 53.5 Å². The van der Waals surface area contributed by atoms with Gasteiger partial charge in [-0.3, -0.25) is 4.99 Å². The molecule has 0 aliphatic heterocycles. The summed E-state index contributed by atoms with van der Waals surface area (Å²) < 4.78 is 9.67. The molecule has 0 amide bonds. The lowest BCUT2D eigenvalue weighted by atomic mass is 10.2. The lowest BCUT2D eigenvalue weighted by Gasteiger charge is -2.11. The molecule has 3 aromatic carbocycles. The second-order valence-electron chi connectivity index (χ2n) is 8.97. The van der Waals surface area contributed by atoms with E-state index in [1.54, 1.807) is 6.07 Å². The van der Waals surface area contributed by atoms with E-state index in [4.69, 9.17) is 38.0 Å². The van der Waals surface area contributed by atoms with Gasteiger partial charge >= 0.3 is 0 Å². The first kappa shape index (κ1) is 27.0. The number of hydrogen-bond donors (Lipinski definition) is 0. The molecule has 0 aliphatic rings. The van der Waals surface area contributed by atoms with Crippen molar-refractivity contribution < 1.29 is 4.74 Å². The largest absolute Gasteiger partial charge is 0.494 e. The monoisotopic (exact) mass is 574 g/mol. The van der Waals surface area contributed by atoms with Crippen molar-refractivity contribution in [3.63, 3.8) is 0 Å². The minimum Gasteiger partial charge on any atom is -0.494 e. The molecule has 0 radical (unpaired) electrons. The first-order valence-corrected chi connectivity index (χ1v) is 14.2. The van der Waals surface area contributed by atoms with Crippen LogP contribution in [0.1, 0.15) is 29.4 Å². The fourth-order valence-electron chi connectivity index (χ4n) is 4.44. The summed E-state index contributed by atoms with van der Waals surface area (Å²) in [6, 6.07) is 25.9. The Hall–Kier alpha value is -3.58. The first-order valence-electron chi connectivity index (χ1n) is 12.6. The molecule has 0 spiro atoms. The zero-order chi connectivity index (χ0) is 27.4. The Bertz CT molecular complexity index is 1680. The molecule has 8 heteroatoms. The highest BCUT2D eigenvalue weighted by atomic mass is 35.5. The highest BCUT2D eigenvalue weighted by Gasteiger charge is 2.13. The van der Waals surface area contributed by atoms with Gasteiger partial charge in [0.15, 0.2) is 0 Å². The number of nitrogens with zero attached hydrogens (tertiary/aromatic N) is 4. The average Bonchev–Trinajstić information content (AvgIpc) is 3.46. The Morgan fingerprint density at radius 3 is 2.44 bits per heavy atom. The third-order valence-electron chi connectivity index (χ3n) is 6.32. The fraction of sp³-hybridized carbons (Fsp3) is 0.161. The Morgan fingerprint density at radius 1 is 0.949 bits per heavy atom. The number of ether oxygens (including phenoxy) is 1. The number of benzene rings is 3. The smallest absolute Gasteiger partial charge is 0.206 e. The van der Waals surface area contributed by atoms with Crippen molar-refractivity contribution in [2.45, 2.75) is 27.3 Å². The summed E-state index contributed by atoms with van der Waals surface area (Å²) in [5.41, 5.74) is 7.12.